The quantitative estimate of drug-likeness (QED) is 0.706. The van der Waals surface area contributed by atoms with E-state index >= 15 is 0 Å². The molecule has 19 heavy (non-hydrogen) atoms. The van der Waals surface area contributed by atoms with Gasteiger partial charge in [0.1, 0.15) is 6.10 Å². The molecule has 0 aromatic carbocycles. The molecule has 0 bridgehead atoms. The van der Waals surface area contributed by atoms with Gasteiger partial charge in [-0.3, -0.25) is 4.79 Å². The molecule has 0 radical (unpaired) electrons. The molecular weight excluding hydrogens is 268 g/mol. The lowest BCUT2D eigenvalue weighted by Crippen LogP contribution is -2.52. The number of amides is 1. The van der Waals surface area contributed by atoms with Gasteiger partial charge in [-0.2, -0.15) is 0 Å². The highest BCUT2D eigenvalue weighted by Crippen LogP contribution is 2.35. The summed E-state index contributed by atoms with van der Waals surface area (Å²) in [6, 6.07) is -0.777. The zero-order valence-electron chi connectivity index (χ0n) is 10.9. The lowest BCUT2D eigenvalue weighted by molar-refractivity contribution is -0.136. The summed E-state index contributed by atoms with van der Waals surface area (Å²) >= 11 is 6.21. The molecule has 0 aromatic heterocycles. The Labute approximate surface area is 118 Å². The van der Waals surface area contributed by atoms with Crippen molar-refractivity contribution >= 4 is 17.5 Å². The third kappa shape index (κ3) is 2.27. The second-order valence-corrected chi connectivity index (χ2v) is 6.49. The lowest BCUT2D eigenvalue weighted by Gasteiger charge is -2.29. The van der Waals surface area contributed by atoms with Gasteiger partial charge in [-0.25, -0.2) is 0 Å². The van der Waals surface area contributed by atoms with Crippen molar-refractivity contribution in [1.82, 2.24) is 4.90 Å². The van der Waals surface area contributed by atoms with Crippen LogP contribution in [0.3, 0.4) is 0 Å². The van der Waals surface area contributed by atoms with E-state index in [4.69, 9.17) is 22.1 Å². The van der Waals surface area contributed by atoms with Crippen LogP contribution >= 0.6 is 11.6 Å². The Morgan fingerprint density at radius 2 is 2.11 bits per heavy atom. The average molecular weight is 289 g/mol. The van der Waals surface area contributed by atoms with E-state index in [2.05, 4.69) is 0 Å². The predicted octanol–water partition coefficient (Wildman–Crippen LogP) is 0.0818. The van der Waals surface area contributed by atoms with Gasteiger partial charge in [-0.15, -0.1) is 11.6 Å². The van der Waals surface area contributed by atoms with E-state index < -0.39 is 12.1 Å². The fourth-order valence-corrected chi connectivity index (χ4v) is 4.06. The third-order valence-corrected chi connectivity index (χ3v) is 5.14. The van der Waals surface area contributed by atoms with Crippen LogP contribution in [0.2, 0.25) is 0 Å². The molecule has 1 saturated carbocycles. The molecular formula is C13H21ClN2O3. The highest BCUT2D eigenvalue weighted by Gasteiger charge is 2.52. The maximum absolute atomic E-state index is 12.5. The maximum atomic E-state index is 12.5. The molecule has 1 unspecified atom stereocenters. The highest BCUT2D eigenvalue weighted by molar-refractivity contribution is 6.21. The third-order valence-electron chi connectivity index (χ3n) is 4.75. The second kappa shape index (κ2) is 5.20. The molecule has 1 aliphatic carbocycles. The Kier molecular flexibility index (Phi) is 3.73. The van der Waals surface area contributed by atoms with Crippen molar-refractivity contribution in [3.8, 4) is 0 Å². The van der Waals surface area contributed by atoms with Crippen LogP contribution in [-0.4, -0.2) is 58.7 Å². The number of nitrogens with zero attached hydrogens (tertiary/aromatic N) is 1. The van der Waals surface area contributed by atoms with Crippen molar-refractivity contribution in [2.24, 2.45) is 11.7 Å². The van der Waals surface area contributed by atoms with Crippen molar-refractivity contribution in [1.29, 1.82) is 0 Å². The number of aliphatic hydroxyl groups excluding tert-OH is 1. The minimum Gasteiger partial charge on any atom is -0.388 e. The summed E-state index contributed by atoms with van der Waals surface area (Å²) in [6.07, 6.45) is 3.46. The Bertz CT molecular complexity index is 362. The van der Waals surface area contributed by atoms with Crippen molar-refractivity contribution in [3.05, 3.63) is 0 Å². The van der Waals surface area contributed by atoms with Crippen LogP contribution < -0.4 is 5.73 Å². The van der Waals surface area contributed by atoms with Gasteiger partial charge in [0.15, 0.2) is 0 Å². The summed E-state index contributed by atoms with van der Waals surface area (Å²) in [4.78, 5) is 14.2. The fourth-order valence-electron chi connectivity index (χ4n) is 3.69. The fraction of sp³-hybridized carbons (Fsp3) is 0.923. The number of alkyl halides is 1. The van der Waals surface area contributed by atoms with Crippen LogP contribution in [0, 0.1) is 5.92 Å². The molecule has 5 nitrogen and oxygen atoms in total. The van der Waals surface area contributed by atoms with Gasteiger partial charge in [0, 0.05) is 6.54 Å². The first-order chi connectivity index (χ1) is 9.09. The van der Waals surface area contributed by atoms with Gasteiger partial charge in [-0.1, -0.05) is 12.8 Å². The zero-order chi connectivity index (χ0) is 13.6. The summed E-state index contributed by atoms with van der Waals surface area (Å²) in [7, 11) is 0. The number of halogens is 1. The normalized spacial score (nSPS) is 40.7. The van der Waals surface area contributed by atoms with E-state index in [9.17, 15) is 9.90 Å². The van der Waals surface area contributed by atoms with Crippen LogP contribution in [0.5, 0.6) is 0 Å². The molecule has 2 saturated heterocycles. The Balaban J connectivity index is 1.72. The molecule has 108 valence electrons. The molecule has 2 aliphatic heterocycles. The summed E-state index contributed by atoms with van der Waals surface area (Å²) in [5.41, 5.74) is 6.12. The molecule has 1 amide bonds. The number of fused-ring (bicyclic) bond motifs is 1. The standard InChI is InChI=1S/C13H21ClN2O3/c14-8-5-16(11-9(17)6-19-12(8)11)13(18)10(15)7-3-1-2-4-7/h7-12,17H,1-6,15H2/t8-,9-,10?,11+,12+/m0/s1. The Morgan fingerprint density at radius 3 is 2.79 bits per heavy atom. The monoisotopic (exact) mass is 288 g/mol. The molecule has 5 atom stereocenters. The predicted molar refractivity (Wildman–Crippen MR) is 70.8 cm³/mol. The van der Waals surface area contributed by atoms with Gasteiger partial charge in [0.05, 0.1) is 30.2 Å². The van der Waals surface area contributed by atoms with E-state index in [1.54, 1.807) is 4.90 Å². The van der Waals surface area contributed by atoms with Gasteiger partial charge in [0.25, 0.3) is 0 Å². The number of nitrogens with two attached hydrogens (primary N) is 1. The number of carbonyl (C=O) groups is 1. The number of ether oxygens (including phenoxy) is 1. The molecule has 2 heterocycles. The van der Waals surface area contributed by atoms with Crippen LogP contribution in [0.15, 0.2) is 0 Å². The van der Waals surface area contributed by atoms with Crippen molar-refractivity contribution in [2.45, 2.75) is 55.4 Å². The number of carbonyl (C=O) groups excluding carboxylic acids is 1. The first-order valence-corrected chi connectivity index (χ1v) is 7.53. The Hall–Kier alpha value is -0.360. The molecule has 3 rings (SSSR count). The molecule has 6 heteroatoms. The topological polar surface area (TPSA) is 75.8 Å². The first-order valence-electron chi connectivity index (χ1n) is 7.09. The lowest BCUT2D eigenvalue weighted by atomic mass is 9.97. The molecule has 0 spiro atoms. The van der Waals surface area contributed by atoms with Crippen LogP contribution in [0.1, 0.15) is 25.7 Å². The van der Waals surface area contributed by atoms with Gasteiger partial charge in [-0.05, 0) is 18.8 Å². The van der Waals surface area contributed by atoms with Gasteiger partial charge in [0.2, 0.25) is 5.91 Å². The minimum absolute atomic E-state index is 0.0744. The average Bonchev–Trinajstić information content (AvgIpc) is 3.08. The van der Waals surface area contributed by atoms with Crippen LogP contribution in [0.4, 0.5) is 0 Å². The Morgan fingerprint density at radius 1 is 1.42 bits per heavy atom. The van der Waals surface area contributed by atoms with Crippen molar-refractivity contribution in [2.75, 3.05) is 13.2 Å². The summed E-state index contributed by atoms with van der Waals surface area (Å²) in [5, 5.41) is 9.72. The highest BCUT2D eigenvalue weighted by atomic mass is 35.5. The number of aliphatic hydroxyl groups is 1. The van der Waals surface area contributed by atoms with E-state index in [1.165, 1.54) is 0 Å². The van der Waals surface area contributed by atoms with Gasteiger partial charge >= 0.3 is 0 Å². The maximum Gasteiger partial charge on any atom is 0.240 e. The van der Waals surface area contributed by atoms with Crippen LogP contribution in [-0.2, 0) is 9.53 Å². The second-order valence-electron chi connectivity index (χ2n) is 5.93. The largest absolute Gasteiger partial charge is 0.388 e. The number of hydrogen-bond donors (Lipinski definition) is 2. The molecule has 0 aromatic rings. The number of hydrogen-bond acceptors (Lipinski definition) is 4. The minimum atomic E-state index is -0.645. The smallest absolute Gasteiger partial charge is 0.240 e. The molecule has 3 aliphatic rings. The van der Waals surface area contributed by atoms with E-state index in [0.717, 1.165) is 25.7 Å². The summed E-state index contributed by atoms with van der Waals surface area (Å²) < 4.78 is 5.47. The number of rotatable bonds is 2. The van der Waals surface area contributed by atoms with Gasteiger partial charge < -0.3 is 20.5 Å². The SMILES string of the molecule is NC(C(=O)N1C[C@H](Cl)[C@H]2OC[C@H](O)[C@H]21)C1CCCC1. The first kappa shape index (κ1) is 13.6. The molecule has 3 N–H and O–H groups in total. The van der Waals surface area contributed by atoms with Crippen molar-refractivity contribution in [3.63, 3.8) is 0 Å². The van der Waals surface area contributed by atoms with E-state index in [-0.39, 0.29) is 36.0 Å². The van der Waals surface area contributed by atoms with Crippen molar-refractivity contribution < 1.29 is 14.6 Å². The number of likely N-dealkylation sites (tertiary alicyclic amines) is 1. The van der Waals surface area contributed by atoms with Crippen LogP contribution in [0.25, 0.3) is 0 Å². The van der Waals surface area contributed by atoms with E-state index in [1.807, 2.05) is 0 Å². The summed E-state index contributed by atoms with van der Waals surface area (Å²) in [5.74, 6) is 0.203. The zero-order valence-corrected chi connectivity index (χ0v) is 11.6. The molecule has 3 fully saturated rings. The summed E-state index contributed by atoms with van der Waals surface area (Å²) in [6.45, 7) is 0.675. The van der Waals surface area contributed by atoms with E-state index in [0.29, 0.717) is 6.54 Å².